The molecule has 2 atom stereocenters. The van der Waals surface area contributed by atoms with E-state index in [0.29, 0.717) is 5.92 Å². The Kier molecular flexibility index (Phi) is 12.8. The lowest BCUT2D eigenvalue weighted by Gasteiger charge is -2.38. The summed E-state index contributed by atoms with van der Waals surface area (Å²) in [5.74, 6) is 0.649. The van der Waals surface area contributed by atoms with Gasteiger partial charge in [0, 0.05) is 6.04 Å². The summed E-state index contributed by atoms with van der Waals surface area (Å²) in [5.41, 5.74) is 8.02. The molecule has 1 heteroatoms. The Hall–Kier alpha value is -0.820. The van der Waals surface area contributed by atoms with Gasteiger partial charge >= 0.3 is 0 Å². The molecule has 1 aromatic carbocycles. The number of benzene rings is 1. The van der Waals surface area contributed by atoms with Gasteiger partial charge in [-0.05, 0) is 16.9 Å². The average Bonchev–Trinajstić information content (AvgIpc) is 2.68. The van der Waals surface area contributed by atoms with Crippen molar-refractivity contribution in [3.63, 3.8) is 0 Å². The number of hydrogen-bond donors (Lipinski definition) is 1. The van der Waals surface area contributed by atoms with Gasteiger partial charge < -0.3 is 5.73 Å². The summed E-state index contributed by atoms with van der Waals surface area (Å²) in [6, 6.07) is 10.7. The highest BCUT2D eigenvalue weighted by Crippen LogP contribution is 2.40. The van der Waals surface area contributed by atoms with Gasteiger partial charge in [0.1, 0.15) is 0 Å². The predicted molar refractivity (Wildman–Crippen MR) is 122 cm³/mol. The van der Waals surface area contributed by atoms with E-state index in [1.807, 2.05) is 0 Å². The van der Waals surface area contributed by atoms with Crippen molar-refractivity contribution in [2.75, 3.05) is 0 Å². The van der Waals surface area contributed by atoms with Crippen LogP contribution in [0.4, 0.5) is 0 Å². The highest BCUT2D eigenvalue weighted by molar-refractivity contribution is 5.20. The fraction of sp³-hybridized carbons (Fsp3) is 0.769. The summed E-state index contributed by atoms with van der Waals surface area (Å²) in [5, 5.41) is 0. The standard InChI is InChI=1S/C26H47N/c1-5-6-7-8-9-10-11-12-13-14-15-17-20-23(2)26(3,4)25(27)24-21-18-16-19-22-24/h16,18-19,21-23,25H,5-15,17,20,27H2,1-4H3. The molecular weight excluding hydrogens is 326 g/mol. The predicted octanol–water partition coefficient (Wildman–Crippen LogP) is 8.44. The van der Waals surface area contributed by atoms with E-state index in [9.17, 15) is 0 Å². The van der Waals surface area contributed by atoms with Gasteiger partial charge in [0.2, 0.25) is 0 Å². The van der Waals surface area contributed by atoms with Crippen LogP contribution >= 0.6 is 0 Å². The molecule has 1 aromatic rings. The first-order valence-electron chi connectivity index (χ1n) is 11.8. The smallest absolute Gasteiger partial charge is 0.0349 e. The van der Waals surface area contributed by atoms with Crippen molar-refractivity contribution in [2.45, 2.75) is 117 Å². The summed E-state index contributed by atoms with van der Waals surface area (Å²) in [7, 11) is 0. The van der Waals surface area contributed by atoms with Crippen LogP contribution in [0.2, 0.25) is 0 Å². The summed E-state index contributed by atoms with van der Waals surface area (Å²) < 4.78 is 0. The molecule has 2 N–H and O–H groups in total. The lowest BCUT2D eigenvalue weighted by atomic mass is 9.70. The Bertz CT molecular complexity index is 451. The average molecular weight is 374 g/mol. The second-order valence-electron chi connectivity index (χ2n) is 9.29. The molecule has 0 saturated heterocycles. The molecule has 0 spiro atoms. The summed E-state index contributed by atoms with van der Waals surface area (Å²) in [4.78, 5) is 0. The van der Waals surface area contributed by atoms with Gasteiger partial charge in [-0.3, -0.25) is 0 Å². The van der Waals surface area contributed by atoms with Gasteiger partial charge in [-0.2, -0.15) is 0 Å². The molecule has 0 bridgehead atoms. The van der Waals surface area contributed by atoms with E-state index < -0.39 is 0 Å². The summed E-state index contributed by atoms with van der Waals surface area (Å²) in [6.45, 7) is 9.37. The zero-order valence-electron chi connectivity index (χ0n) is 18.8. The number of hydrogen-bond acceptors (Lipinski definition) is 1. The fourth-order valence-electron chi connectivity index (χ4n) is 4.06. The van der Waals surface area contributed by atoms with Gasteiger partial charge in [-0.15, -0.1) is 0 Å². The lowest BCUT2D eigenvalue weighted by molar-refractivity contribution is 0.167. The van der Waals surface area contributed by atoms with Gasteiger partial charge in [0.05, 0.1) is 0 Å². The molecule has 0 aliphatic carbocycles. The van der Waals surface area contributed by atoms with E-state index in [2.05, 4.69) is 58.0 Å². The molecule has 0 radical (unpaired) electrons. The van der Waals surface area contributed by atoms with Crippen LogP contribution in [0.1, 0.15) is 123 Å². The van der Waals surface area contributed by atoms with Crippen molar-refractivity contribution in [3.05, 3.63) is 35.9 Å². The molecule has 0 saturated carbocycles. The van der Waals surface area contributed by atoms with E-state index in [4.69, 9.17) is 5.73 Å². The normalized spacial score (nSPS) is 14.3. The van der Waals surface area contributed by atoms with E-state index in [1.54, 1.807) is 0 Å². The largest absolute Gasteiger partial charge is 0.323 e. The monoisotopic (exact) mass is 373 g/mol. The van der Waals surface area contributed by atoms with Crippen LogP contribution < -0.4 is 5.73 Å². The van der Waals surface area contributed by atoms with Crippen molar-refractivity contribution in [2.24, 2.45) is 17.1 Å². The van der Waals surface area contributed by atoms with Crippen LogP contribution in [-0.2, 0) is 0 Å². The maximum Gasteiger partial charge on any atom is 0.0349 e. The second kappa shape index (κ2) is 14.2. The van der Waals surface area contributed by atoms with Gasteiger partial charge in [0.25, 0.3) is 0 Å². The third-order valence-corrected chi connectivity index (χ3v) is 6.72. The fourth-order valence-corrected chi connectivity index (χ4v) is 4.06. The van der Waals surface area contributed by atoms with E-state index in [-0.39, 0.29) is 11.5 Å². The van der Waals surface area contributed by atoms with Crippen LogP contribution in [0.5, 0.6) is 0 Å². The first kappa shape index (κ1) is 24.2. The van der Waals surface area contributed by atoms with Crippen LogP contribution in [0.25, 0.3) is 0 Å². The van der Waals surface area contributed by atoms with Gasteiger partial charge in [0.15, 0.2) is 0 Å². The molecular formula is C26H47N. The van der Waals surface area contributed by atoms with Crippen molar-refractivity contribution in [1.82, 2.24) is 0 Å². The lowest BCUT2D eigenvalue weighted by Crippen LogP contribution is -2.35. The Morgan fingerprint density at radius 2 is 1.19 bits per heavy atom. The van der Waals surface area contributed by atoms with Crippen molar-refractivity contribution in [3.8, 4) is 0 Å². The van der Waals surface area contributed by atoms with Crippen molar-refractivity contribution < 1.29 is 0 Å². The molecule has 27 heavy (non-hydrogen) atoms. The first-order chi connectivity index (χ1) is 13.0. The zero-order valence-corrected chi connectivity index (χ0v) is 18.8. The van der Waals surface area contributed by atoms with E-state index in [1.165, 1.54) is 89.0 Å². The van der Waals surface area contributed by atoms with E-state index in [0.717, 1.165) is 0 Å². The number of rotatable bonds is 16. The minimum Gasteiger partial charge on any atom is -0.323 e. The Morgan fingerprint density at radius 3 is 1.67 bits per heavy atom. The number of unbranched alkanes of at least 4 members (excludes halogenated alkanes) is 11. The van der Waals surface area contributed by atoms with E-state index >= 15 is 0 Å². The first-order valence-corrected chi connectivity index (χ1v) is 11.8. The van der Waals surface area contributed by atoms with Crippen molar-refractivity contribution >= 4 is 0 Å². The zero-order chi connectivity index (χ0) is 20.0. The third kappa shape index (κ3) is 9.79. The topological polar surface area (TPSA) is 26.0 Å². The molecule has 156 valence electrons. The highest BCUT2D eigenvalue weighted by atomic mass is 14.7. The Morgan fingerprint density at radius 1 is 0.741 bits per heavy atom. The summed E-state index contributed by atoms with van der Waals surface area (Å²) >= 11 is 0. The quantitative estimate of drug-likeness (QED) is 0.289. The van der Waals surface area contributed by atoms with Crippen LogP contribution in [0.15, 0.2) is 30.3 Å². The molecule has 2 unspecified atom stereocenters. The SMILES string of the molecule is CCCCCCCCCCCCCCC(C)C(C)(C)C(N)c1ccccc1. The number of nitrogens with two attached hydrogens (primary N) is 1. The van der Waals surface area contributed by atoms with Crippen molar-refractivity contribution in [1.29, 1.82) is 0 Å². The van der Waals surface area contributed by atoms with Gasteiger partial charge in [-0.25, -0.2) is 0 Å². The molecule has 0 fully saturated rings. The summed E-state index contributed by atoms with van der Waals surface area (Å²) in [6.07, 6.45) is 18.3. The van der Waals surface area contributed by atoms with Gasteiger partial charge in [-0.1, -0.05) is 141 Å². The minimum absolute atomic E-state index is 0.117. The van der Waals surface area contributed by atoms with Crippen LogP contribution in [-0.4, -0.2) is 0 Å². The molecule has 0 aromatic heterocycles. The highest BCUT2D eigenvalue weighted by Gasteiger charge is 2.32. The molecule has 0 heterocycles. The van der Waals surface area contributed by atoms with Crippen LogP contribution in [0.3, 0.4) is 0 Å². The maximum absolute atomic E-state index is 6.61. The van der Waals surface area contributed by atoms with Crippen LogP contribution in [0, 0.1) is 11.3 Å². The Labute approximate surface area is 170 Å². The maximum atomic E-state index is 6.61. The molecule has 0 aliphatic rings. The molecule has 0 aliphatic heterocycles. The second-order valence-corrected chi connectivity index (χ2v) is 9.29. The molecule has 1 nitrogen and oxygen atoms in total. The molecule has 0 amide bonds. The third-order valence-electron chi connectivity index (χ3n) is 6.72. The minimum atomic E-state index is 0.117. The molecule has 1 rings (SSSR count). The Balaban J connectivity index is 2.08.